The molecule has 0 spiro atoms. The molecule has 1 saturated heterocycles. The smallest absolute Gasteiger partial charge is 0.258 e. The number of piperidine rings is 1. The molecule has 0 atom stereocenters. The zero-order valence-electron chi connectivity index (χ0n) is 12.3. The Morgan fingerprint density at radius 3 is 2.57 bits per heavy atom. The van der Waals surface area contributed by atoms with Gasteiger partial charge in [0.1, 0.15) is 0 Å². The van der Waals surface area contributed by atoms with E-state index in [1.54, 1.807) is 11.3 Å². The number of nitrogens with zero attached hydrogens (tertiary/aromatic N) is 2. The Hall–Kier alpha value is -1.77. The Morgan fingerprint density at radius 1 is 1.22 bits per heavy atom. The molecule has 1 aromatic carbocycles. The van der Waals surface area contributed by atoms with Crippen LogP contribution < -0.4 is 0 Å². The standard InChI is InChI=1S/C15H16N2O4S2/c18-17(19)14-2-1-3-15(10-14)23(20,21)16-7-4-12(5-8-16)13-6-9-22-11-13/h1-3,6,9-12H,4-5,7-8H2. The minimum Gasteiger partial charge on any atom is -0.258 e. The summed E-state index contributed by atoms with van der Waals surface area (Å²) < 4.78 is 26.7. The van der Waals surface area contributed by atoms with E-state index < -0.39 is 14.9 Å². The van der Waals surface area contributed by atoms with Gasteiger partial charge in [0.05, 0.1) is 9.82 Å². The van der Waals surface area contributed by atoms with E-state index in [1.807, 2.05) is 5.38 Å². The van der Waals surface area contributed by atoms with Crippen molar-refractivity contribution in [3.05, 3.63) is 56.8 Å². The minimum absolute atomic E-state index is 0.0133. The van der Waals surface area contributed by atoms with E-state index in [0.29, 0.717) is 19.0 Å². The average Bonchev–Trinajstić information content (AvgIpc) is 3.09. The minimum atomic E-state index is -3.68. The number of sulfonamides is 1. The van der Waals surface area contributed by atoms with Gasteiger partial charge in [0.15, 0.2) is 0 Å². The maximum atomic E-state index is 12.7. The van der Waals surface area contributed by atoms with Gasteiger partial charge in [0.2, 0.25) is 10.0 Å². The van der Waals surface area contributed by atoms with Crippen molar-refractivity contribution in [2.45, 2.75) is 23.7 Å². The monoisotopic (exact) mass is 352 g/mol. The molecule has 1 aliphatic heterocycles. The molecule has 1 aliphatic rings. The Morgan fingerprint density at radius 2 is 1.96 bits per heavy atom. The zero-order chi connectivity index (χ0) is 16.4. The van der Waals surface area contributed by atoms with Crippen molar-refractivity contribution in [1.82, 2.24) is 4.31 Å². The normalized spacial score (nSPS) is 17.2. The molecule has 1 fully saturated rings. The van der Waals surface area contributed by atoms with Crippen LogP contribution in [0.15, 0.2) is 46.0 Å². The number of thiophene rings is 1. The van der Waals surface area contributed by atoms with Gasteiger partial charge in [0.25, 0.3) is 5.69 Å². The van der Waals surface area contributed by atoms with Crippen LogP contribution in [0.1, 0.15) is 24.3 Å². The fourth-order valence-corrected chi connectivity index (χ4v) is 5.10. The molecule has 122 valence electrons. The molecule has 0 aliphatic carbocycles. The van der Waals surface area contributed by atoms with E-state index in [0.717, 1.165) is 18.9 Å². The van der Waals surface area contributed by atoms with Gasteiger partial charge in [-0.05, 0) is 47.2 Å². The summed E-state index contributed by atoms with van der Waals surface area (Å²) in [5, 5.41) is 15.0. The Labute approximate surface area is 138 Å². The first-order valence-electron chi connectivity index (χ1n) is 7.25. The van der Waals surface area contributed by atoms with Crippen LogP contribution in [0, 0.1) is 10.1 Å². The van der Waals surface area contributed by atoms with Crippen molar-refractivity contribution in [3.63, 3.8) is 0 Å². The summed E-state index contributed by atoms with van der Waals surface area (Å²) in [6, 6.07) is 7.32. The van der Waals surface area contributed by atoms with E-state index in [1.165, 1.54) is 28.1 Å². The fraction of sp³-hybridized carbons (Fsp3) is 0.333. The van der Waals surface area contributed by atoms with E-state index in [4.69, 9.17) is 0 Å². The molecule has 3 rings (SSSR count). The van der Waals surface area contributed by atoms with Crippen molar-refractivity contribution < 1.29 is 13.3 Å². The highest BCUT2D eigenvalue weighted by molar-refractivity contribution is 7.89. The van der Waals surface area contributed by atoms with Crippen LogP contribution in [-0.2, 0) is 10.0 Å². The third-order valence-electron chi connectivity index (χ3n) is 4.13. The van der Waals surface area contributed by atoms with Crippen LogP contribution in [-0.4, -0.2) is 30.7 Å². The van der Waals surface area contributed by atoms with Gasteiger partial charge in [-0.2, -0.15) is 15.6 Å². The number of hydrogen-bond acceptors (Lipinski definition) is 5. The second kappa shape index (κ2) is 6.38. The number of rotatable bonds is 4. The summed E-state index contributed by atoms with van der Waals surface area (Å²) in [5.74, 6) is 0.387. The van der Waals surface area contributed by atoms with Gasteiger partial charge >= 0.3 is 0 Å². The maximum Gasteiger partial charge on any atom is 0.270 e. The molecule has 2 aromatic rings. The molecular formula is C15H16N2O4S2. The summed E-state index contributed by atoms with van der Waals surface area (Å²) in [4.78, 5) is 10.2. The van der Waals surface area contributed by atoms with Crippen LogP contribution in [0.5, 0.6) is 0 Å². The van der Waals surface area contributed by atoms with Gasteiger partial charge in [-0.3, -0.25) is 10.1 Å². The lowest BCUT2D eigenvalue weighted by Crippen LogP contribution is -2.37. The van der Waals surface area contributed by atoms with E-state index in [9.17, 15) is 18.5 Å². The molecule has 0 unspecified atom stereocenters. The second-order valence-corrected chi connectivity index (χ2v) is 8.21. The van der Waals surface area contributed by atoms with Crippen molar-refractivity contribution >= 4 is 27.0 Å². The van der Waals surface area contributed by atoms with Crippen molar-refractivity contribution in [2.75, 3.05) is 13.1 Å². The van der Waals surface area contributed by atoms with Gasteiger partial charge in [-0.25, -0.2) is 8.42 Å². The molecule has 0 N–H and O–H groups in total. The summed E-state index contributed by atoms with van der Waals surface area (Å²) in [7, 11) is -3.68. The largest absolute Gasteiger partial charge is 0.270 e. The quantitative estimate of drug-likeness (QED) is 0.625. The number of nitro groups is 1. The van der Waals surface area contributed by atoms with Crippen LogP contribution in [0.25, 0.3) is 0 Å². The Kier molecular flexibility index (Phi) is 4.47. The van der Waals surface area contributed by atoms with Gasteiger partial charge in [0, 0.05) is 25.2 Å². The SMILES string of the molecule is O=[N+]([O-])c1cccc(S(=O)(=O)N2CCC(c3ccsc3)CC2)c1. The van der Waals surface area contributed by atoms with Gasteiger partial charge in [-0.15, -0.1) is 0 Å². The molecule has 6 nitrogen and oxygen atoms in total. The summed E-state index contributed by atoms with van der Waals surface area (Å²) in [6.07, 6.45) is 1.54. The van der Waals surface area contributed by atoms with Crippen molar-refractivity contribution in [2.24, 2.45) is 0 Å². The maximum absolute atomic E-state index is 12.7. The van der Waals surface area contributed by atoms with Crippen molar-refractivity contribution in [3.8, 4) is 0 Å². The van der Waals surface area contributed by atoms with E-state index >= 15 is 0 Å². The summed E-state index contributed by atoms with van der Waals surface area (Å²) >= 11 is 1.65. The Balaban J connectivity index is 1.76. The number of non-ortho nitro benzene ring substituents is 1. The van der Waals surface area contributed by atoms with Gasteiger partial charge < -0.3 is 0 Å². The summed E-state index contributed by atoms with van der Waals surface area (Å²) in [6.45, 7) is 0.872. The lowest BCUT2D eigenvalue weighted by atomic mass is 9.92. The van der Waals surface area contributed by atoms with Crippen LogP contribution in [0.3, 0.4) is 0 Å². The third-order valence-corrected chi connectivity index (χ3v) is 6.73. The summed E-state index contributed by atoms with van der Waals surface area (Å²) in [5.41, 5.74) is 1.06. The first kappa shape index (κ1) is 16.1. The highest BCUT2D eigenvalue weighted by Gasteiger charge is 2.30. The average molecular weight is 352 g/mol. The lowest BCUT2D eigenvalue weighted by Gasteiger charge is -2.30. The molecule has 23 heavy (non-hydrogen) atoms. The van der Waals surface area contributed by atoms with Crippen LogP contribution in [0.4, 0.5) is 5.69 Å². The van der Waals surface area contributed by atoms with E-state index in [2.05, 4.69) is 11.4 Å². The van der Waals surface area contributed by atoms with Crippen LogP contribution in [0.2, 0.25) is 0 Å². The molecule has 2 heterocycles. The molecular weight excluding hydrogens is 336 g/mol. The molecule has 0 saturated carbocycles. The topological polar surface area (TPSA) is 80.5 Å². The first-order valence-corrected chi connectivity index (χ1v) is 9.63. The predicted octanol–water partition coefficient (Wildman–Crippen LogP) is 3.22. The van der Waals surface area contributed by atoms with E-state index in [-0.39, 0.29) is 10.6 Å². The highest BCUT2D eigenvalue weighted by Crippen LogP contribution is 2.32. The predicted molar refractivity (Wildman–Crippen MR) is 88.1 cm³/mol. The molecule has 0 bridgehead atoms. The van der Waals surface area contributed by atoms with Gasteiger partial charge in [-0.1, -0.05) is 6.07 Å². The molecule has 0 radical (unpaired) electrons. The second-order valence-electron chi connectivity index (χ2n) is 5.49. The molecule has 8 heteroatoms. The van der Waals surface area contributed by atoms with Crippen LogP contribution >= 0.6 is 11.3 Å². The number of benzene rings is 1. The lowest BCUT2D eigenvalue weighted by molar-refractivity contribution is -0.385. The molecule has 1 aromatic heterocycles. The zero-order valence-corrected chi connectivity index (χ0v) is 13.9. The Bertz CT molecular complexity index is 795. The first-order chi connectivity index (χ1) is 11.0. The van der Waals surface area contributed by atoms with Crippen molar-refractivity contribution in [1.29, 1.82) is 0 Å². The third kappa shape index (κ3) is 3.29. The number of hydrogen-bond donors (Lipinski definition) is 0. The molecule has 0 amide bonds. The number of nitro benzene ring substituents is 1. The fourth-order valence-electron chi connectivity index (χ4n) is 2.84. The highest BCUT2D eigenvalue weighted by atomic mass is 32.2.